The zero-order valence-corrected chi connectivity index (χ0v) is 12.2. The van der Waals surface area contributed by atoms with Crippen LogP contribution in [0.2, 0.25) is 0 Å². The predicted octanol–water partition coefficient (Wildman–Crippen LogP) is 2.11. The fraction of sp³-hybridized carbons (Fsp3) is 0.444. The number of nitrogens with one attached hydrogen (secondary N) is 1. The second-order valence-electron chi connectivity index (χ2n) is 6.96. The first kappa shape index (κ1) is 12.4. The molecule has 6 rings (SSSR count). The maximum atomic E-state index is 12.8. The minimum Gasteiger partial charge on any atom is -0.367 e. The van der Waals surface area contributed by atoms with E-state index in [0.29, 0.717) is 23.7 Å². The highest BCUT2D eigenvalue weighted by Gasteiger charge is 2.66. The SMILES string of the molecule is O=C1[C@@H]2[C@H]3C=C[C@H]([C@H]4C[C@H]34)[C@@H]2C(=O)N1CNc1ccccc1. The van der Waals surface area contributed by atoms with E-state index < -0.39 is 0 Å². The third-order valence-corrected chi connectivity index (χ3v) is 5.97. The number of benzene rings is 1. The minimum atomic E-state index is -0.0937. The van der Waals surface area contributed by atoms with Gasteiger partial charge >= 0.3 is 0 Å². The van der Waals surface area contributed by atoms with Gasteiger partial charge in [0.15, 0.2) is 0 Å². The molecule has 5 aliphatic rings. The number of nitrogens with zero attached hydrogens (tertiary/aromatic N) is 1. The number of hydrogen-bond acceptors (Lipinski definition) is 3. The van der Waals surface area contributed by atoms with Crippen LogP contribution in [0.4, 0.5) is 5.69 Å². The van der Waals surface area contributed by atoms with Gasteiger partial charge in [-0.1, -0.05) is 30.4 Å². The summed E-state index contributed by atoms with van der Waals surface area (Å²) in [6.45, 7) is 0.281. The van der Waals surface area contributed by atoms with Crippen molar-refractivity contribution in [3.63, 3.8) is 0 Å². The molecule has 1 saturated heterocycles. The average Bonchev–Trinajstić information content (AvgIpc) is 3.33. The van der Waals surface area contributed by atoms with Gasteiger partial charge in [-0.25, -0.2) is 0 Å². The molecule has 0 aromatic heterocycles. The maximum absolute atomic E-state index is 12.8. The summed E-state index contributed by atoms with van der Waals surface area (Å²) >= 11 is 0. The van der Waals surface area contributed by atoms with Gasteiger partial charge in [-0.15, -0.1) is 0 Å². The summed E-state index contributed by atoms with van der Waals surface area (Å²) < 4.78 is 0. The zero-order valence-electron chi connectivity index (χ0n) is 12.2. The van der Waals surface area contributed by atoms with Gasteiger partial charge in [-0.2, -0.15) is 0 Å². The van der Waals surface area contributed by atoms with Gasteiger partial charge < -0.3 is 5.32 Å². The van der Waals surface area contributed by atoms with Gasteiger partial charge in [0.2, 0.25) is 11.8 Å². The van der Waals surface area contributed by atoms with Gasteiger partial charge in [-0.3, -0.25) is 14.5 Å². The van der Waals surface area contributed by atoms with Gasteiger partial charge in [0.1, 0.15) is 0 Å². The number of imide groups is 1. The van der Waals surface area contributed by atoms with E-state index in [1.807, 2.05) is 30.3 Å². The number of likely N-dealkylation sites (tertiary alicyclic amines) is 1. The number of amides is 2. The molecule has 2 saturated carbocycles. The van der Waals surface area contributed by atoms with Gasteiger partial charge in [0.05, 0.1) is 18.5 Å². The van der Waals surface area contributed by atoms with E-state index in [1.165, 1.54) is 11.3 Å². The number of carbonyl (C=O) groups is 2. The first-order valence-corrected chi connectivity index (χ1v) is 8.08. The van der Waals surface area contributed by atoms with Gasteiger partial charge in [-0.05, 0) is 42.2 Å². The third kappa shape index (κ3) is 1.52. The number of carbonyl (C=O) groups excluding carboxylic acids is 2. The van der Waals surface area contributed by atoms with E-state index in [-0.39, 0.29) is 30.3 Å². The van der Waals surface area contributed by atoms with Crippen LogP contribution in [0.5, 0.6) is 0 Å². The Hall–Kier alpha value is -2.10. The second kappa shape index (κ2) is 4.22. The first-order valence-electron chi connectivity index (χ1n) is 8.08. The quantitative estimate of drug-likeness (QED) is 0.686. The van der Waals surface area contributed by atoms with Crippen LogP contribution in [-0.4, -0.2) is 23.4 Å². The predicted molar refractivity (Wildman–Crippen MR) is 81.5 cm³/mol. The molecule has 0 radical (unpaired) electrons. The lowest BCUT2D eigenvalue weighted by Gasteiger charge is -2.37. The Balaban J connectivity index is 1.38. The number of hydrogen-bond donors (Lipinski definition) is 1. The van der Waals surface area contributed by atoms with Crippen molar-refractivity contribution in [3.8, 4) is 0 Å². The van der Waals surface area contributed by atoms with E-state index in [4.69, 9.17) is 0 Å². The zero-order chi connectivity index (χ0) is 14.8. The molecule has 112 valence electrons. The smallest absolute Gasteiger partial charge is 0.235 e. The highest BCUT2D eigenvalue weighted by atomic mass is 16.2. The lowest BCUT2D eigenvalue weighted by molar-refractivity contribution is -0.139. The monoisotopic (exact) mass is 294 g/mol. The van der Waals surface area contributed by atoms with E-state index in [0.717, 1.165) is 5.69 Å². The summed E-state index contributed by atoms with van der Waals surface area (Å²) in [6.07, 6.45) is 5.62. The highest BCUT2D eigenvalue weighted by Crippen LogP contribution is 2.65. The molecule has 1 heterocycles. The summed E-state index contributed by atoms with van der Waals surface area (Å²) in [5, 5.41) is 3.19. The number of allylic oxidation sites excluding steroid dienone is 2. The largest absolute Gasteiger partial charge is 0.367 e. The first-order chi connectivity index (χ1) is 10.8. The van der Waals surface area contributed by atoms with Crippen LogP contribution in [0.3, 0.4) is 0 Å². The molecule has 2 amide bonds. The fourth-order valence-corrected chi connectivity index (χ4v) is 4.90. The summed E-state index contributed by atoms with van der Waals surface area (Å²) in [4.78, 5) is 27.0. The molecule has 2 bridgehead atoms. The Morgan fingerprint density at radius 3 is 2.14 bits per heavy atom. The lowest BCUT2D eigenvalue weighted by Crippen LogP contribution is -2.40. The van der Waals surface area contributed by atoms with Crippen molar-refractivity contribution < 1.29 is 9.59 Å². The molecule has 4 heteroatoms. The van der Waals surface area contributed by atoms with Crippen LogP contribution in [0, 0.1) is 35.5 Å². The molecule has 4 nitrogen and oxygen atoms in total. The van der Waals surface area contributed by atoms with Crippen LogP contribution in [0.15, 0.2) is 42.5 Å². The molecular formula is C18H18N2O2. The molecular weight excluding hydrogens is 276 g/mol. The summed E-state index contributed by atoms with van der Waals surface area (Å²) in [6, 6.07) is 9.71. The van der Waals surface area contributed by atoms with Gasteiger partial charge in [0, 0.05) is 5.69 Å². The van der Waals surface area contributed by atoms with Crippen molar-refractivity contribution in [1.82, 2.24) is 4.90 Å². The standard InChI is InChI=1S/C18H18N2O2/c21-17-15-11-6-7-12(14-8-13(11)14)16(15)18(22)20(17)9-19-10-4-2-1-3-5-10/h1-7,11-16,19H,8-9H2/t11-,12+,13-,14-,15+,16-/m1/s1. The minimum absolute atomic E-state index is 0.0307. The molecule has 1 aromatic carbocycles. The fourth-order valence-electron chi connectivity index (χ4n) is 4.90. The van der Waals surface area contributed by atoms with Crippen LogP contribution in [0.25, 0.3) is 0 Å². The summed E-state index contributed by atoms with van der Waals surface area (Å²) in [7, 11) is 0. The lowest BCUT2D eigenvalue weighted by atomic mass is 9.63. The Morgan fingerprint density at radius 1 is 0.955 bits per heavy atom. The van der Waals surface area contributed by atoms with Crippen molar-refractivity contribution in [1.29, 1.82) is 0 Å². The Labute approximate surface area is 129 Å². The number of rotatable bonds is 3. The Kier molecular flexibility index (Phi) is 2.38. The van der Waals surface area contributed by atoms with Crippen molar-refractivity contribution in [2.45, 2.75) is 6.42 Å². The molecule has 22 heavy (non-hydrogen) atoms. The molecule has 4 aliphatic carbocycles. The van der Waals surface area contributed by atoms with Crippen molar-refractivity contribution in [3.05, 3.63) is 42.5 Å². The van der Waals surface area contributed by atoms with E-state index in [1.54, 1.807) is 0 Å². The van der Waals surface area contributed by atoms with Crippen LogP contribution >= 0.6 is 0 Å². The average molecular weight is 294 g/mol. The molecule has 0 unspecified atom stereocenters. The molecule has 0 spiro atoms. The molecule has 1 N–H and O–H groups in total. The molecule has 1 aliphatic heterocycles. The topological polar surface area (TPSA) is 49.4 Å². The van der Waals surface area contributed by atoms with E-state index in [9.17, 15) is 9.59 Å². The van der Waals surface area contributed by atoms with E-state index >= 15 is 0 Å². The number of anilines is 1. The molecule has 3 fully saturated rings. The van der Waals surface area contributed by atoms with E-state index in [2.05, 4.69) is 17.5 Å². The van der Waals surface area contributed by atoms with Crippen LogP contribution in [-0.2, 0) is 9.59 Å². The third-order valence-electron chi connectivity index (χ3n) is 5.97. The Morgan fingerprint density at radius 2 is 1.55 bits per heavy atom. The second-order valence-corrected chi connectivity index (χ2v) is 6.96. The normalized spacial score (nSPS) is 40.6. The van der Waals surface area contributed by atoms with Crippen LogP contribution < -0.4 is 5.32 Å². The number of para-hydroxylation sites is 1. The maximum Gasteiger partial charge on any atom is 0.235 e. The molecule has 6 atom stereocenters. The van der Waals surface area contributed by atoms with Crippen molar-refractivity contribution in [2.75, 3.05) is 12.0 Å². The highest BCUT2D eigenvalue weighted by molar-refractivity contribution is 6.06. The summed E-state index contributed by atoms with van der Waals surface area (Å²) in [5.74, 6) is 1.81. The van der Waals surface area contributed by atoms with Crippen LogP contribution in [0.1, 0.15) is 6.42 Å². The van der Waals surface area contributed by atoms with Gasteiger partial charge in [0.25, 0.3) is 0 Å². The van der Waals surface area contributed by atoms with Crippen molar-refractivity contribution >= 4 is 17.5 Å². The molecule has 1 aromatic rings. The Bertz CT molecular complexity index is 648. The summed E-state index contributed by atoms with van der Waals surface area (Å²) in [5.41, 5.74) is 0.932. The van der Waals surface area contributed by atoms with Crippen molar-refractivity contribution in [2.24, 2.45) is 35.5 Å².